The van der Waals surface area contributed by atoms with E-state index in [4.69, 9.17) is 4.74 Å². The summed E-state index contributed by atoms with van der Waals surface area (Å²) in [5.41, 5.74) is 1.13. The second-order valence-corrected chi connectivity index (χ2v) is 4.85. The van der Waals surface area contributed by atoms with Crippen molar-refractivity contribution >= 4 is 12.1 Å². The van der Waals surface area contributed by atoms with E-state index in [-0.39, 0.29) is 11.8 Å². The zero-order valence-electron chi connectivity index (χ0n) is 11.2. The summed E-state index contributed by atoms with van der Waals surface area (Å²) in [4.78, 5) is 24.4. The molecular weight excluding hydrogens is 242 g/mol. The van der Waals surface area contributed by atoms with Gasteiger partial charge in [-0.2, -0.15) is 0 Å². The summed E-state index contributed by atoms with van der Waals surface area (Å²) in [5, 5.41) is 0. The molecule has 0 aliphatic carbocycles. The second kappa shape index (κ2) is 6.48. The first kappa shape index (κ1) is 13.7. The number of methoxy groups -OCH3 is 1. The van der Waals surface area contributed by atoms with E-state index >= 15 is 0 Å². The standard InChI is InChI=1S/C15H19NO3/c1-19-13-7-5-12(6-8-13)10-16-9-3-2-4-14(16)15(18)11-17/h5-8,11,14H,2-4,9-10H2,1H3. The van der Waals surface area contributed by atoms with Gasteiger partial charge >= 0.3 is 0 Å². The monoisotopic (exact) mass is 261 g/mol. The molecule has 102 valence electrons. The number of piperidine rings is 1. The number of hydrogen-bond donors (Lipinski definition) is 0. The van der Waals surface area contributed by atoms with E-state index in [2.05, 4.69) is 4.90 Å². The number of rotatable bonds is 5. The Balaban J connectivity index is 2.05. The topological polar surface area (TPSA) is 46.6 Å². The van der Waals surface area contributed by atoms with Gasteiger partial charge in [0.1, 0.15) is 5.75 Å². The Morgan fingerprint density at radius 2 is 2.11 bits per heavy atom. The van der Waals surface area contributed by atoms with Crippen LogP contribution >= 0.6 is 0 Å². The molecule has 0 spiro atoms. The van der Waals surface area contributed by atoms with Gasteiger partial charge in [0.2, 0.25) is 5.78 Å². The van der Waals surface area contributed by atoms with Crippen LogP contribution in [0.5, 0.6) is 5.75 Å². The zero-order chi connectivity index (χ0) is 13.7. The molecule has 1 fully saturated rings. The third kappa shape index (κ3) is 3.41. The number of ketones is 1. The number of benzene rings is 1. The van der Waals surface area contributed by atoms with E-state index in [1.54, 1.807) is 7.11 Å². The average Bonchev–Trinajstić information content (AvgIpc) is 2.48. The van der Waals surface area contributed by atoms with Crippen molar-refractivity contribution in [3.63, 3.8) is 0 Å². The fourth-order valence-corrected chi connectivity index (χ4v) is 2.55. The molecule has 0 radical (unpaired) electrons. The Bertz CT molecular complexity index is 441. The van der Waals surface area contributed by atoms with Crippen LogP contribution in [0.3, 0.4) is 0 Å². The fraction of sp³-hybridized carbons (Fsp3) is 0.467. The molecule has 1 atom stereocenters. The van der Waals surface area contributed by atoms with Crippen LogP contribution in [0.4, 0.5) is 0 Å². The van der Waals surface area contributed by atoms with Crippen molar-refractivity contribution in [2.75, 3.05) is 13.7 Å². The maximum atomic E-state index is 11.6. The Kier molecular flexibility index (Phi) is 4.68. The Hall–Kier alpha value is -1.68. The highest BCUT2D eigenvalue weighted by Crippen LogP contribution is 2.21. The van der Waals surface area contributed by atoms with Gasteiger partial charge < -0.3 is 4.74 Å². The van der Waals surface area contributed by atoms with Crippen LogP contribution < -0.4 is 4.74 Å². The van der Waals surface area contributed by atoms with Crippen molar-refractivity contribution in [3.05, 3.63) is 29.8 Å². The molecule has 1 aromatic rings. The maximum Gasteiger partial charge on any atom is 0.212 e. The molecule has 1 aliphatic heterocycles. The zero-order valence-corrected chi connectivity index (χ0v) is 11.2. The van der Waals surface area contributed by atoms with E-state index in [0.29, 0.717) is 12.8 Å². The average molecular weight is 261 g/mol. The lowest BCUT2D eigenvalue weighted by atomic mass is 9.98. The van der Waals surface area contributed by atoms with Crippen LogP contribution in [-0.4, -0.2) is 36.7 Å². The van der Waals surface area contributed by atoms with Gasteiger partial charge in [0.25, 0.3) is 0 Å². The smallest absolute Gasteiger partial charge is 0.212 e. The van der Waals surface area contributed by atoms with Crippen LogP contribution in [-0.2, 0) is 16.1 Å². The van der Waals surface area contributed by atoms with Crippen molar-refractivity contribution in [3.8, 4) is 5.75 Å². The van der Waals surface area contributed by atoms with Crippen molar-refractivity contribution < 1.29 is 14.3 Å². The number of likely N-dealkylation sites (tertiary alicyclic amines) is 1. The van der Waals surface area contributed by atoms with E-state index in [0.717, 1.165) is 37.1 Å². The molecule has 0 amide bonds. The van der Waals surface area contributed by atoms with Gasteiger partial charge in [-0.1, -0.05) is 18.6 Å². The first-order valence-corrected chi connectivity index (χ1v) is 6.60. The Labute approximate surface area is 113 Å². The molecule has 2 rings (SSSR count). The van der Waals surface area contributed by atoms with Crippen LogP contribution in [0.2, 0.25) is 0 Å². The summed E-state index contributed by atoms with van der Waals surface area (Å²) >= 11 is 0. The van der Waals surface area contributed by atoms with Crippen molar-refractivity contribution in [2.24, 2.45) is 0 Å². The van der Waals surface area contributed by atoms with Crippen molar-refractivity contribution in [2.45, 2.75) is 31.8 Å². The molecular formula is C15H19NO3. The molecule has 1 heterocycles. The summed E-state index contributed by atoms with van der Waals surface area (Å²) < 4.78 is 5.12. The highest BCUT2D eigenvalue weighted by molar-refractivity contribution is 6.27. The van der Waals surface area contributed by atoms with E-state index < -0.39 is 0 Å². The molecule has 0 saturated carbocycles. The Morgan fingerprint density at radius 1 is 1.37 bits per heavy atom. The van der Waals surface area contributed by atoms with Crippen molar-refractivity contribution in [1.29, 1.82) is 0 Å². The predicted octanol–water partition coefficient (Wildman–Crippen LogP) is 1.82. The number of nitrogens with zero attached hydrogens (tertiary/aromatic N) is 1. The largest absolute Gasteiger partial charge is 0.497 e. The first-order chi connectivity index (χ1) is 9.24. The molecule has 1 aromatic carbocycles. The number of ether oxygens (including phenoxy) is 1. The molecule has 1 saturated heterocycles. The summed E-state index contributed by atoms with van der Waals surface area (Å²) in [5.74, 6) is 0.524. The SMILES string of the molecule is COc1ccc(CN2CCCCC2C(=O)C=O)cc1. The van der Waals surface area contributed by atoms with Crippen LogP contribution in [0.1, 0.15) is 24.8 Å². The minimum absolute atomic E-state index is 0.242. The van der Waals surface area contributed by atoms with E-state index in [1.807, 2.05) is 24.3 Å². The lowest BCUT2D eigenvalue weighted by molar-refractivity contribution is -0.134. The summed E-state index contributed by atoms with van der Waals surface area (Å²) in [6.07, 6.45) is 3.34. The molecule has 0 bridgehead atoms. The minimum Gasteiger partial charge on any atom is -0.497 e. The fourth-order valence-electron chi connectivity index (χ4n) is 2.55. The lowest BCUT2D eigenvalue weighted by Gasteiger charge is -2.33. The van der Waals surface area contributed by atoms with Gasteiger partial charge in [-0.05, 0) is 37.1 Å². The number of hydrogen-bond acceptors (Lipinski definition) is 4. The first-order valence-electron chi connectivity index (χ1n) is 6.60. The van der Waals surface area contributed by atoms with Gasteiger partial charge in [-0.3, -0.25) is 14.5 Å². The van der Waals surface area contributed by atoms with E-state index in [9.17, 15) is 9.59 Å². The van der Waals surface area contributed by atoms with E-state index in [1.165, 1.54) is 0 Å². The maximum absolute atomic E-state index is 11.6. The quantitative estimate of drug-likeness (QED) is 0.599. The number of carbonyl (C=O) groups excluding carboxylic acids is 2. The van der Waals surface area contributed by atoms with Gasteiger partial charge in [-0.15, -0.1) is 0 Å². The lowest BCUT2D eigenvalue weighted by Crippen LogP contribution is -2.44. The molecule has 19 heavy (non-hydrogen) atoms. The molecule has 1 unspecified atom stereocenters. The summed E-state index contributed by atoms with van der Waals surface area (Å²) in [6, 6.07) is 7.57. The highest BCUT2D eigenvalue weighted by Gasteiger charge is 2.27. The number of carbonyl (C=O) groups is 2. The summed E-state index contributed by atoms with van der Waals surface area (Å²) in [6.45, 7) is 1.57. The number of Topliss-reactive ketones (excluding diaryl/α,β-unsaturated/α-hetero) is 1. The normalized spacial score (nSPS) is 19.9. The van der Waals surface area contributed by atoms with Gasteiger partial charge in [0.15, 0.2) is 6.29 Å². The summed E-state index contributed by atoms with van der Waals surface area (Å²) in [7, 11) is 1.64. The third-order valence-corrected chi connectivity index (χ3v) is 3.60. The molecule has 4 heteroatoms. The molecule has 0 aromatic heterocycles. The van der Waals surface area contributed by atoms with Crippen molar-refractivity contribution in [1.82, 2.24) is 4.90 Å². The van der Waals surface area contributed by atoms with Crippen LogP contribution in [0.15, 0.2) is 24.3 Å². The number of aldehydes is 1. The predicted molar refractivity (Wildman–Crippen MR) is 72.1 cm³/mol. The molecule has 1 aliphatic rings. The van der Waals surface area contributed by atoms with Gasteiger partial charge in [-0.25, -0.2) is 0 Å². The minimum atomic E-state index is -0.298. The molecule has 0 N–H and O–H groups in total. The van der Waals surface area contributed by atoms with Gasteiger partial charge in [0.05, 0.1) is 13.2 Å². The van der Waals surface area contributed by atoms with Crippen LogP contribution in [0.25, 0.3) is 0 Å². The second-order valence-electron chi connectivity index (χ2n) is 4.85. The Morgan fingerprint density at radius 3 is 2.74 bits per heavy atom. The highest BCUT2D eigenvalue weighted by atomic mass is 16.5. The van der Waals surface area contributed by atoms with Gasteiger partial charge in [0, 0.05) is 6.54 Å². The molecule has 4 nitrogen and oxygen atoms in total. The van der Waals surface area contributed by atoms with Crippen LogP contribution in [0, 0.1) is 0 Å². The third-order valence-electron chi connectivity index (χ3n) is 3.60.